The largest absolute Gasteiger partial charge is 0.463 e. The van der Waals surface area contributed by atoms with E-state index in [0.29, 0.717) is 99.1 Å². The number of aryl methyl sites for hydroxylation is 1. The number of rotatable bonds is 27. The lowest BCUT2D eigenvalue weighted by Gasteiger charge is -2.29. The minimum Gasteiger partial charge on any atom is -0.463 e. The molecule has 0 spiro atoms. The van der Waals surface area contributed by atoms with E-state index in [-0.39, 0.29) is 43.2 Å². The van der Waals surface area contributed by atoms with Gasteiger partial charge in [-0.1, -0.05) is 12.8 Å². The quantitative estimate of drug-likeness (QED) is 0.0403. The molecule has 3 atom stereocenters. The van der Waals surface area contributed by atoms with E-state index in [2.05, 4.69) is 40.3 Å². The Morgan fingerprint density at radius 2 is 1.55 bits per heavy atom. The third-order valence-corrected chi connectivity index (χ3v) is 10.1. The molecule has 15 heteroatoms. The van der Waals surface area contributed by atoms with E-state index in [1.165, 1.54) is 11.3 Å². The zero-order valence-corrected chi connectivity index (χ0v) is 33.8. The number of azo groups is 1. The van der Waals surface area contributed by atoms with Crippen LogP contribution in [0.2, 0.25) is 0 Å². The summed E-state index contributed by atoms with van der Waals surface area (Å²) in [6, 6.07) is 10.2. The van der Waals surface area contributed by atoms with E-state index in [0.717, 1.165) is 43.3 Å². The molecular formula is C40H57N5O9S. The average molecular weight is 784 g/mol. The van der Waals surface area contributed by atoms with Gasteiger partial charge in [0.15, 0.2) is 5.00 Å². The molecule has 3 rings (SSSR count). The molecule has 0 saturated heterocycles. The summed E-state index contributed by atoms with van der Waals surface area (Å²) in [5.41, 5.74) is 3.64. The molecule has 55 heavy (non-hydrogen) atoms. The molecule has 0 aliphatic heterocycles. The standard InChI is InChI=1S/C40H57N5O9S/c1-6-45(33-11-12-37(30(4)23-33)43-44-39-36(24-41)31(5)38(25-42)55-39)26-34(28-54-29(2)3)52-21-19-50-17-15-48-13-14-49-16-18-51-20-22-53-40(47)35-10-8-7-9-32(35)27-46/h11-12,23,27,29,32,34-35H,6-10,13-22,26,28H2,1-5H3. The van der Waals surface area contributed by atoms with Crippen molar-refractivity contribution in [3.8, 4) is 12.1 Å². The van der Waals surface area contributed by atoms with Gasteiger partial charge in [-0.05, 0) is 76.8 Å². The van der Waals surface area contributed by atoms with Crippen LogP contribution in [-0.2, 0) is 42.7 Å². The van der Waals surface area contributed by atoms with E-state index in [1.54, 1.807) is 6.92 Å². The molecule has 1 heterocycles. The van der Waals surface area contributed by atoms with Crippen molar-refractivity contribution >= 4 is 40.0 Å². The highest BCUT2D eigenvalue weighted by molar-refractivity contribution is 7.16. The number of carbonyl (C=O) groups is 2. The van der Waals surface area contributed by atoms with Gasteiger partial charge in [0.25, 0.3) is 0 Å². The first-order valence-electron chi connectivity index (χ1n) is 19.1. The molecule has 0 N–H and O–H groups in total. The van der Waals surface area contributed by atoms with Gasteiger partial charge in [-0.15, -0.1) is 21.6 Å². The molecular weight excluding hydrogens is 727 g/mol. The number of nitrogens with zero attached hydrogens (tertiary/aromatic N) is 5. The minimum atomic E-state index is -0.323. The molecule has 0 amide bonds. The lowest BCUT2D eigenvalue weighted by molar-refractivity contribution is -0.154. The molecule has 3 unspecified atom stereocenters. The molecule has 1 aliphatic carbocycles. The van der Waals surface area contributed by atoms with E-state index in [4.69, 9.17) is 33.2 Å². The van der Waals surface area contributed by atoms with Crippen LogP contribution in [0.25, 0.3) is 0 Å². The SMILES string of the molecule is CCN(CC(COC(C)C)OCCOCCOCCOCCOCCOC(=O)C1CCCCC1C=O)c1ccc(N=Nc2sc(C#N)c(C)c2C#N)c(C)c1. The Morgan fingerprint density at radius 3 is 2.13 bits per heavy atom. The number of likely N-dealkylation sites (N-methyl/N-ethyl adjacent to an activating group) is 1. The second-order valence-corrected chi connectivity index (χ2v) is 14.4. The van der Waals surface area contributed by atoms with Gasteiger partial charge in [0.05, 0.1) is 95.4 Å². The van der Waals surface area contributed by atoms with Crippen LogP contribution in [0.5, 0.6) is 0 Å². The van der Waals surface area contributed by atoms with Crippen LogP contribution in [0.15, 0.2) is 28.4 Å². The van der Waals surface area contributed by atoms with Crippen LogP contribution in [0, 0.1) is 48.3 Å². The van der Waals surface area contributed by atoms with Crippen LogP contribution in [0.4, 0.5) is 16.4 Å². The number of hydrogen-bond acceptors (Lipinski definition) is 15. The van der Waals surface area contributed by atoms with E-state index >= 15 is 0 Å². The Balaban J connectivity index is 1.29. The smallest absolute Gasteiger partial charge is 0.309 e. The molecule has 1 saturated carbocycles. The third-order valence-electron chi connectivity index (χ3n) is 9.02. The summed E-state index contributed by atoms with van der Waals surface area (Å²) in [5.74, 6) is -0.855. The number of ether oxygens (including phenoxy) is 7. The van der Waals surface area contributed by atoms with Crippen molar-refractivity contribution in [2.75, 3.05) is 90.7 Å². The summed E-state index contributed by atoms with van der Waals surface area (Å²) >= 11 is 1.17. The van der Waals surface area contributed by atoms with E-state index in [1.807, 2.05) is 32.9 Å². The third kappa shape index (κ3) is 16.1. The lowest BCUT2D eigenvalue weighted by Crippen LogP contribution is -2.38. The first-order chi connectivity index (χ1) is 26.7. The van der Waals surface area contributed by atoms with Crippen molar-refractivity contribution in [3.05, 3.63) is 39.8 Å². The first-order valence-corrected chi connectivity index (χ1v) is 19.9. The summed E-state index contributed by atoms with van der Waals surface area (Å²) in [7, 11) is 0. The second kappa shape index (κ2) is 26.1. The average Bonchev–Trinajstić information content (AvgIpc) is 3.51. The molecule has 14 nitrogen and oxygen atoms in total. The lowest BCUT2D eigenvalue weighted by atomic mass is 9.80. The van der Waals surface area contributed by atoms with Gasteiger partial charge in [-0.2, -0.15) is 10.5 Å². The van der Waals surface area contributed by atoms with Crippen molar-refractivity contribution in [1.29, 1.82) is 10.5 Å². The Kier molecular flexibility index (Phi) is 21.7. The van der Waals surface area contributed by atoms with Gasteiger partial charge < -0.3 is 42.9 Å². The number of carbonyl (C=O) groups excluding carboxylic acids is 2. The fourth-order valence-corrected chi connectivity index (χ4v) is 6.81. The number of esters is 1. The monoisotopic (exact) mass is 783 g/mol. The molecule has 1 fully saturated rings. The van der Waals surface area contributed by atoms with Gasteiger partial charge >= 0.3 is 5.97 Å². The molecule has 1 aliphatic rings. The number of aldehydes is 1. The number of anilines is 1. The van der Waals surface area contributed by atoms with Crippen LogP contribution >= 0.6 is 11.3 Å². The zero-order valence-electron chi connectivity index (χ0n) is 33.0. The summed E-state index contributed by atoms with van der Waals surface area (Å²) in [6.45, 7) is 15.4. The van der Waals surface area contributed by atoms with Gasteiger partial charge in [-0.25, -0.2) is 0 Å². The molecule has 1 aromatic heterocycles. The zero-order chi connectivity index (χ0) is 39.8. The summed E-state index contributed by atoms with van der Waals surface area (Å²) in [6.07, 6.45) is 4.16. The van der Waals surface area contributed by atoms with Gasteiger partial charge in [-0.3, -0.25) is 4.79 Å². The van der Waals surface area contributed by atoms with Crippen LogP contribution in [-0.4, -0.2) is 110 Å². The Hall–Kier alpha value is -3.80. The topological polar surface area (TPSA) is 174 Å². The van der Waals surface area contributed by atoms with Crippen LogP contribution in [0.1, 0.15) is 68.0 Å². The number of hydrogen-bond donors (Lipinski definition) is 0. The van der Waals surface area contributed by atoms with Crippen LogP contribution < -0.4 is 4.90 Å². The second-order valence-electron chi connectivity index (χ2n) is 13.4. The van der Waals surface area contributed by atoms with Crippen molar-refractivity contribution in [2.24, 2.45) is 22.1 Å². The summed E-state index contributed by atoms with van der Waals surface area (Å²) in [5, 5.41) is 28.0. The summed E-state index contributed by atoms with van der Waals surface area (Å²) < 4.78 is 39.7. The number of benzene rings is 1. The first kappa shape index (κ1) is 45.6. The maximum Gasteiger partial charge on any atom is 0.309 e. The van der Waals surface area contributed by atoms with Gasteiger partial charge in [0.1, 0.15) is 29.9 Å². The fourth-order valence-electron chi connectivity index (χ4n) is 5.93. The molecule has 302 valence electrons. The Labute approximate surface area is 329 Å². The summed E-state index contributed by atoms with van der Waals surface area (Å²) in [4.78, 5) is 26.1. The van der Waals surface area contributed by atoms with Gasteiger partial charge in [0.2, 0.25) is 0 Å². The molecule has 0 bridgehead atoms. The maximum absolute atomic E-state index is 12.2. The highest BCUT2D eigenvalue weighted by Gasteiger charge is 2.31. The normalized spacial score (nSPS) is 16.2. The van der Waals surface area contributed by atoms with Crippen LogP contribution in [0.3, 0.4) is 0 Å². The van der Waals surface area contributed by atoms with E-state index in [9.17, 15) is 20.1 Å². The predicted octanol–water partition coefficient (Wildman–Crippen LogP) is 6.78. The Bertz CT molecular complexity index is 1570. The van der Waals surface area contributed by atoms with Crippen molar-refractivity contribution < 1.29 is 42.7 Å². The number of nitriles is 2. The highest BCUT2D eigenvalue weighted by Crippen LogP contribution is 2.36. The Morgan fingerprint density at radius 1 is 0.909 bits per heavy atom. The number of thiophene rings is 1. The fraction of sp³-hybridized carbons (Fsp3) is 0.650. The predicted molar refractivity (Wildman–Crippen MR) is 208 cm³/mol. The van der Waals surface area contributed by atoms with E-state index < -0.39 is 0 Å². The molecule has 1 aromatic carbocycles. The molecule has 2 aromatic rings. The van der Waals surface area contributed by atoms with Crippen molar-refractivity contribution in [2.45, 2.75) is 72.5 Å². The molecule has 0 radical (unpaired) electrons. The van der Waals surface area contributed by atoms with Crippen molar-refractivity contribution in [1.82, 2.24) is 0 Å². The van der Waals surface area contributed by atoms with Gasteiger partial charge in [0, 0.05) is 24.7 Å². The maximum atomic E-state index is 12.2. The highest BCUT2D eigenvalue weighted by atomic mass is 32.1. The minimum absolute atomic E-state index is 0.0671. The van der Waals surface area contributed by atoms with Crippen molar-refractivity contribution in [3.63, 3.8) is 0 Å².